The third-order valence-corrected chi connectivity index (χ3v) is 3.02. The summed E-state index contributed by atoms with van der Waals surface area (Å²) in [5.74, 6) is 0.261. The van der Waals surface area contributed by atoms with Crippen LogP contribution in [-0.2, 0) is 0 Å². The molecule has 0 bridgehead atoms. The predicted molar refractivity (Wildman–Crippen MR) is 70.4 cm³/mol. The standard InChI is InChI=1S/C13H12BrNO3/c1-8(12-3-2-6-18-12)15-13(17)10-5-4-9(14)7-11(10)16/h2-8,16H,1H3,(H,15,17). The summed E-state index contributed by atoms with van der Waals surface area (Å²) in [6.07, 6.45) is 1.55. The number of benzene rings is 1. The van der Waals surface area contributed by atoms with Gasteiger partial charge < -0.3 is 14.8 Å². The molecule has 0 aliphatic heterocycles. The van der Waals surface area contributed by atoms with Crippen molar-refractivity contribution in [3.8, 4) is 5.75 Å². The third kappa shape index (κ3) is 2.73. The normalized spacial score (nSPS) is 12.1. The van der Waals surface area contributed by atoms with E-state index in [0.717, 1.165) is 4.47 Å². The van der Waals surface area contributed by atoms with E-state index in [0.29, 0.717) is 5.76 Å². The van der Waals surface area contributed by atoms with Crippen LogP contribution in [0.2, 0.25) is 0 Å². The van der Waals surface area contributed by atoms with Crippen LogP contribution in [0.25, 0.3) is 0 Å². The summed E-state index contributed by atoms with van der Waals surface area (Å²) in [7, 11) is 0. The number of rotatable bonds is 3. The van der Waals surface area contributed by atoms with Crippen LogP contribution >= 0.6 is 15.9 Å². The number of furan rings is 1. The van der Waals surface area contributed by atoms with Crippen molar-refractivity contribution in [1.29, 1.82) is 0 Å². The van der Waals surface area contributed by atoms with E-state index in [9.17, 15) is 9.90 Å². The van der Waals surface area contributed by atoms with Crippen molar-refractivity contribution in [3.05, 3.63) is 52.4 Å². The Morgan fingerprint density at radius 2 is 2.22 bits per heavy atom. The first-order valence-electron chi connectivity index (χ1n) is 5.40. The highest BCUT2D eigenvalue weighted by atomic mass is 79.9. The van der Waals surface area contributed by atoms with Crippen molar-refractivity contribution in [2.24, 2.45) is 0 Å². The first kappa shape index (κ1) is 12.7. The van der Waals surface area contributed by atoms with Crippen molar-refractivity contribution in [3.63, 3.8) is 0 Å². The van der Waals surface area contributed by atoms with Crippen LogP contribution in [0.1, 0.15) is 29.1 Å². The molecule has 0 aliphatic rings. The lowest BCUT2D eigenvalue weighted by Gasteiger charge is -2.12. The molecule has 0 saturated carbocycles. The van der Waals surface area contributed by atoms with Gasteiger partial charge in [-0.2, -0.15) is 0 Å². The summed E-state index contributed by atoms with van der Waals surface area (Å²) in [5.41, 5.74) is 0.233. The molecule has 94 valence electrons. The highest BCUT2D eigenvalue weighted by molar-refractivity contribution is 9.10. The summed E-state index contributed by atoms with van der Waals surface area (Å²) in [5, 5.41) is 12.4. The van der Waals surface area contributed by atoms with Gasteiger partial charge in [-0.15, -0.1) is 0 Å². The maximum Gasteiger partial charge on any atom is 0.255 e. The summed E-state index contributed by atoms with van der Waals surface area (Å²) in [4.78, 5) is 12.0. The number of hydrogen-bond acceptors (Lipinski definition) is 3. The smallest absolute Gasteiger partial charge is 0.255 e. The monoisotopic (exact) mass is 309 g/mol. The number of nitrogens with one attached hydrogen (secondary N) is 1. The molecule has 18 heavy (non-hydrogen) atoms. The van der Waals surface area contributed by atoms with Crippen LogP contribution in [0.4, 0.5) is 0 Å². The second-order valence-corrected chi connectivity index (χ2v) is 4.79. The van der Waals surface area contributed by atoms with Gasteiger partial charge in [0.1, 0.15) is 11.5 Å². The lowest BCUT2D eigenvalue weighted by Crippen LogP contribution is -2.26. The molecule has 1 heterocycles. The Labute approximate surface area is 113 Å². The Kier molecular flexibility index (Phi) is 3.72. The fraction of sp³-hybridized carbons (Fsp3) is 0.154. The van der Waals surface area contributed by atoms with Crippen LogP contribution in [-0.4, -0.2) is 11.0 Å². The lowest BCUT2D eigenvalue weighted by molar-refractivity contribution is 0.0932. The van der Waals surface area contributed by atoms with E-state index in [1.807, 2.05) is 6.92 Å². The van der Waals surface area contributed by atoms with Crippen molar-refractivity contribution < 1.29 is 14.3 Å². The second-order valence-electron chi connectivity index (χ2n) is 3.87. The van der Waals surface area contributed by atoms with Gasteiger partial charge >= 0.3 is 0 Å². The van der Waals surface area contributed by atoms with Crippen molar-refractivity contribution in [2.45, 2.75) is 13.0 Å². The number of amides is 1. The summed E-state index contributed by atoms with van der Waals surface area (Å²) < 4.78 is 5.91. The van der Waals surface area contributed by atoms with Gasteiger partial charge in [-0.05, 0) is 37.3 Å². The van der Waals surface area contributed by atoms with Crippen LogP contribution in [0, 0.1) is 0 Å². The van der Waals surface area contributed by atoms with Gasteiger partial charge in [-0.1, -0.05) is 15.9 Å². The van der Waals surface area contributed by atoms with E-state index >= 15 is 0 Å². The Hall–Kier alpha value is -1.75. The SMILES string of the molecule is CC(NC(=O)c1ccc(Br)cc1O)c1ccco1. The summed E-state index contributed by atoms with van der Waals surface area (Å²) >= 11 is 3.22. The maximum atomic E-state index is 12.0. The average Bonchev–Trinajstić information content (AvgIpc) is 2.81. The van der Waals surface area contributed by atoms with Gasteiger partial charge in [0.05, 0.1) is 17.9 Å². The maximum absolute atomic E-state index is 12.0. The van der Waals surface area contributed by atoms with Gasteiger partial charge in [0, 0.05) is 4.47 Å². The Bertz CT molecular complexity index is 551. The molecular formula is C13H12BrNO3. The molecule has 1 atom stereocenters. The minimum absolute atomic E-state index is 0.0616. The molecule has 1 amide bonds. The zero-order valence-corrected chi connectivity index (χ0v) is 11.3. The van der Waals surface area contributed by atoms with Crippen LogP contribution in [0.15, 0.2) is 45.5 Å². The fourth-order valence-corrected chi connectivity index (χ4v) is 1.93. The lowest BCUT2D eigenvalue weighted by atomic mass is 10.1. The van der Waals surface area contributed by atoms with Gasteiger partial charge in [0.25, 0.3) is 5.91 Å². The van der Waals surface area contributed by atoms with Crippen molar-refractivity contribution in [2.75, 3.05) is 0 Å². The van der Waals surface area contributed by atoms with E-state index < -0.39 is 0 Å². The van der Waals surface area contributed by atoms with E-state index in [2.05, 4.69) is 21.2 Å². The molecule has 0 aliphatic carbocycles. The third-order valence-electron chi connectivity index (χ3n) is 2.52. The summed E-state index contributed by atoms with van der Waals surface area (Å²) in [6, 6.07) is 8.03. The van der Waals surface area contributed by atoms with E-state index in [4.69, 9.17) is 4.42 Å². The fourth-order valence-electron chi connectivity index (χ4n) is 1.58. The van der Waals surface area contributed by atoms with E-state index in [1.165, 1.54) is 6.07 Å². The molecule has 1 aromatic heterocycles. The largest absolute Gasteiger partial charge is 0.507 e. The topological polar surface area (TPSA) is 62.5 Å². The number of carbonyl (C=O) groups is 1. The zero-order valence-electron chi connectivity index (χ0n) is 9.68. The number of carbonyl (C=O) groups excluding carboxylic acids is 1. The van der Waals surface area contributed by atoms with Crippen molar-refractivity contribution >= 4 is 21.8 Å². The molecule has 2 aromatic rings. The van der Waals surface area contributed by atoms with Crippen LogP contribution in [0.3, 0.4) is 0 Å². The van der Waals surface area contributed by atoms with Gasteiger partial charge in [0.15, 0.2) is 0 Å². The van der Waals surface area contributed by atoms with Gasteiger partial charge in [-0.25, -0.2) is 0 Å². The molecule has 4 nitrogen and oxygen atoms in total. The molecule has 2 rings (SSSR count). The van der Waals surface area contributed by atoms with Crippen LogP contribution < -0.4 is 5.32 Å². The zero-order chi connectivity index (χ0) is 13.1. The van der Waals surface area contributed by atoms with E-state index in [-0.39, 0.29) is 23.3 Å². The molecule has 0 radical (unpaired) electrons. The highest BCUT2D eigenvalue weighted by Gasteiger charge is 2.16. The Balaban J connectivity index is 2.12. The van der Waals surface area contributed by atoms with E-state index in [1.54, 1.807) is 30.5 Å². The highest BCUT2D eigenvalue weighted by Crippen LogP contribution is 2.23. The number of phenols is 1. The molecule has 1 aromatic carbocycles. The summed E-state index contributed by atoms with van der Waals surface area (Å²) in [6.45, 7) is 1.81. The van der Waals surface area contributed by atoms with Crippen molar-refractivity contribution in [1.82, 2.24) is 5.32 Å². The molecular weight excluding hydrogens is 298 g/mol. The average molecular weight is 310 g/mol. The second kappa shape index (κ2) is 5.27. The first-order valence-corrected chi connectivity index (χ1v) is 6.20. The Morgan fingerprint density at radius 1 is 1.44 bits per heavy atom. The minimum Gasteiger partial charge on any atom is -0.507 e. The molecule has 5 heteroatoms. The first-order chi connectivity index (χ1) is 8.58. The quantitative estimate of drug-likeness (QED) is 0.915. The molecule has 0 fully saturated rings. The number of aromatic hydroxyl groups is 1. The molecule has 1 unspecified atom stereocenters. The number of phenolic OH excluding ortho intramolecular Hbond substituents is 1. The molecule has 0 saturated heterocycles. The Morgan fingerprint density at radius 3 is 2.83 bits per heavy atom. The molecule has 0 spiro atoms. The molecule has 2 N–H and O–H groups in total. The van der Waals surface area contributed by atoms with Gasteiger partial charge in [0.2, 0.25) is 0 Å². The van der Waals surface area contributed by atoms with Crippen LogP contribution in [0.5, 0.6) is 5.75 Å². The minimum atomic E-state index is -0.344. The number of hydrogen-bond donors (Lipinski definition) is 2. The van der Waals surface area contributed by atoms with Gasteiger partial charge in [-0.3, -0.25) is 4.79 Å². The number of halogens is 1. The predicted octanol–water partition coefficient (Wildman–Crippen LogP) is 3.24.